The maximum Gasteiger partial charge on any atom is 0.322 e. The van der Waals surface area contributed by atoms with Crippen molar-refractivity contribution in [3.05, 3.63) is 41.1 Å². The van der Waals surface area contributed by atoms with E-state index in [4.69, 9.17) is 9.47 Å². The van der Waals surface area contributed by atoms with Crippen molar-refractivity contribution >= 4 is 11.9 Å². The molecule has 0 saturated carbocycles. The summed E-state index contributed by atoms with van der Waals surface area (Å²) in [5.74, 6) is 0.686. The molecule has 4 rings (SSSR count). The average Bonchev–Trinajstić information content (AvgIpc) is 3.06. The largest absolute Gasteiger partial charge is 0.497 e. The molecule has 0 spiro atoms. The topological polar surface area (TPSA) is 74.4 Å². The lowest BCUT2D eigenvalue weighted by molar-refractivity contribution is -0.126. The molecule has 1 atom stereocenters. The fourth-order valence-corrected chi connectivity index (χ4v) is 3.96. The van der Waals surface area contributed by atoms with E-state index < -0.39 is 6.04 Å². The van der Waals surface area contributed by atoms with Crippen molar-refractivity contribution in [2.24, 2.45) is 0 Å². The summed E-state index contributed by atoms with van der Waals surface area (Å²) in [4.78, 5) is 31.4. The van der Waals surface area contributed by atoms with Crippen molar-refractivity contribution < 1.29 is 19.1 Å². The first-order valence-corrected chi connectivity index (χ1v) is 9.59. The fourth-order valence-electron chi connectivity index (χ4n) is 3.96. The lowest BCUT2D eigenvalue weighted by Crippen LogP contribution is -2.45. The number of carbonyl (C=O) groups excluding carboxylic acids is 2. The van der Waals surface area contributed by atoms with Gasteiger partial charge in [-0.05, 0) is 17.7 Å². The highest BCUT2D eigenvalue weighted by Gasteiger charge is 2.42. The lowest BCUT2D eigenvalue weighted by atomic mass is 9.95. The molecule has 0 bridgehead atoms. The van der Waals surface area contributed by atoms with Crippen LogP contribution in [0.15, 0.2) is 35.5 Å². The number of methoxy groups -OCH3 is 1. The molecular formula is C20H26N4O4. The summed E-state index contributed by atoms with van der Waals surface area (Å²) in [6.07, 6.45) is 0. The predicted octanol–water partition coefficient (Wildman–Crippen LogP) is 0.820. The van der Waals surface area contributed by atoms with Crippen LogP contribution in [0.5, 0.6) is 5.75 Å². The standard InChI is InChI=1S/C20H26N4O4/c1-22-16-13-24(7-6-23-8-10-28-11-9-23)19(25)17(16)18(21-20(22)26)14-4-3-5-15(12-14)27-2/h3-5,12,18H,6-11,13H2,1-2H3,(H,21,26). The number of hydrogen-bond acceptors (Lipinski definition) is 5. The molecule has 3 amide bonds. The van der Waals surface area contributed by atoms with Crippen molar-refractivity contribution in [3.63, 3.8) is 0 Å². The van der Waals surface area contributed by atoms with Crippen LogP contribution < -0.4 is 10.1 Å². The predicted molar refractivity (Wildman–Crippen MR) is 103 cm³/mol. The van der Waals surface area contributed by atoms with Gasteiger partial charge in [-0.1, -0.05) is 12.1 Å². The van der Waals surface area contributed by atoms with Gasteiger partial charge in [0.25, 0.3) is 5.91 Å². The van der Waals surface area contributed by atoms with Crippen LogP contribution in [0, 0.1) is 0 Å². The Bertz CT molecular complexity index is 803. The number of ether oxygens (including phenoxy) is 2. The van der Waals surface area contributed by atoms with Gasteiger partial charge in [0.05, 0.1) is 44.2 Å². The van der Waals surface area contributed by atoms with E-state index in [2.05, 4.69) is 10.2 Å². The van der Waals surface area contributed by atoms with Gasteiger partial charge in [-0.15, -0.1) is 0 Å². The Morgan fingerprint density at radius 1 is 1.21 bits per heavy atom. The van der Waals surface area contributed by atoms with Crippen molar-refractivity contribution in [2.75, 3.05) is 60.1 Å². The zero-order valence-corrected chi connectivity index (χ0v) is 16.3. The van der Waals surface area contributed by atoms with Gasteiger partial charge in [0.15, 0.2) is 0 Å². The van der Waals surface area contributed by atoms with Gasteiger partial charge in [-0.25, -0.2) is 4.79 Å². The number of nitrogens with one attached hydrogen (secondary N) is 1. The van der Waals surface area contributed by atoms with E-state index in [0.29, 0.717) is 24.4 Å². The number of nitrogens with zero attached hydrogens (tertiary/aromatic N) is 3. The molecule has 8 heteroatoms. The summed E-state index contributed by atoms with van der Waals surface area (Å²) >= 11 is 0. The van der Waals surface area contributed by atoms with Crippen molar-refractivity contribution in [3.8, 4) is 5.75 Å². The average molecular weight is 386 g/mol. The van der Waals surface area contributed by atoms with Crippen molar-refractivity contribution in [1.82, 2.24) is 20.0 Å². The highest BCUT2D eigenvalue weighted by molar-refractivity contribution is 6.01. The number of urea groups is 1. The van der Waals surface area contributed by atoms with Crippen molar-refractivity contribution in [1.29, 1.82) is 0 Å². The number of benzene rings is 1. The molecule has 150 valence electrons. The first-order chi connectivity index (χ1) is 13.6. The SMILES string of the molecule is COc1cccc(C2NC(=O)N(C)C3=C2C(=O)N(CCN2CCOCC2)C3)c1. The minimum absolute atomic E-state index is 0.0112. The third kappa shape index (κ3) is 3.45. The third-order valence-corrected chi connectivity index (χ3v) is 5.65. The van der Waals surface area contributed by atoms with Gasteiger partial charge in [0.1, 0.15) is 5.75 Å². The van der Waals surface area contributed by atoms with Crippen molar-refractivity contribution in [2.45, 2.75) is 6.04 Å². The Morgan fingerprint density at radius 3 is 2.75 bits per heavy atom. The van der Waals surface area contributed by atoms with E-state index in [1.165, 1.54) is 0 Å². The number of morpholine rings is 1. The minimum Gasteiger partial charge on any atom is -0.497 e. The normalized spacial score (nSPS) is 23.1. The summed E-state index contributed by atoms with van der Waals surface area (Å²) in [6.45, 7) is 5.17. The minimum atomic E-state index is -0.463. The molecule has 1 unspecified atom stereocenters. The van der Waals surface area contributed by atoms with Crippen LogP contribution in [0.3, 0.4) is 0 Å². The quantitative estimate of drug-likeness (QED) is 0.811. The molecule has 1 N–H and O–H groups in total. The zero-order valence-electron chi connectivity index (χ0n) is 16.3. The monoisotopic (exact) mass is 386 g/mol. The van der Waals surface area contributed by atoms with E-state index in [1.54, 1.807) is 19.1 Å². The molecule has 0 aliphatic carbocycles. The lowest BCUT2D eigenvalue weighted by Gasteiger charge is -2.31. The summed E-state index contributed by atoms with van der Waals surface area (Å²) in [7, 11) is 3.32. The van der Waals surface area contributed by atoms with E-state index in [-0.39, 0.29) is 11.9 Å². The summed E-state index contributed by atoms with van der Waals surface area (Å²) < 4.78 is 10.7. The Kier molecular flexibility index (Phi) is 5.23. The Labute approximate surface area is 164 Å². The molecule has 1 aromatic carbocycles. The second kappa shape index (κ2) is 7.81. The van der Waals surface area contributed by atoms with Gasteiger partial charge in [-0.2, -0.15) is 0 Å². The Balaban J connectivity index is 1.55. The number of likely N-dealkylation sites (N-methyl/N-ethyl adjacent to an activating group) is 1. The smallest absolute Gasteiger partial charge is 0.322 e. The van der Waals surface area contributed by atoms with Crippen LogP contribution in [0.4, 0.5) is 4.79 Å². The zero-order chi connectivity index (χ0) is 19.7. The van der Waals surface area contributed by atoms with E-state index in [1.807, 2.05) is 29.2 Å². The molecule has 28 heavy (non-hydrogen) atoms. The Hall–Kier alpha value is -2.58. The fraction of sp³-hybridized carbons (Fsp3) is 0.500. The molecule has 1 fully saturated rings. The maximum atomic E-state index is 13.2. The second-order valence-electron chi connectivity index (χ2n) is 7.26. The maximum absolute atomic E-state index is 13.2. The molecular weight excluding hydrogens is 360 g/mol. The van der Waals surface area contributed by atoms with Crippen LogP contribution in [0.1, 0.15) is 11.6 Å². The Morgan fingerprint density at radius 2 is 2.00 bits per heavy atom. The molecule has 3 aliphatic heterocycles. The van der Waals surface area contributed by atoms with Gasteiger partial charge < -0.3 is 19.7 Å². The van der Waals surface area contributed by atoms with Crippen LogP contribution in [0.2, 0.25) is 0 Å². The van der Waals surface area contributed by atoms with Crippen LogP contribution >= 0.6 is 0 Å². The summed E-state index contributed by atoms with van der Waals surface area (Å²) in [6, 6.07) is 6.83. The van der Waals surface area contributed by atoms with E-state index >= 15 is 0 Å². The van der Waals surface area contributed by atoms with Gasteiger partial charge in [0, 0.05) is 33.2 Å². The highest BCUT2D eigenvalue weighted by atomic mass is 16.5. The van der Waals surface area contributed by atoms with Crippen LogP contribution in [0.25, 0.3) is 0 Å². The third-order valence-electron chi connectivity index (χ3n) is 5.65. The molecule has 0 aromatic heterocycles. The molecule has 0 radical (unpaired) electrons. The number of hydrogen-bond donors (Lipinski definition) is 1. The second-order valence-corrected chi connectivity index (χ2v) is 7.26. The number of carbonyl (C=O) groups is 2. The molecule has 8 nitrogen and oxygen atoms in total. The first-order valence-electron chi connectivity index (χ1n) is 9.59. The van der Waals surface area contributed by atoms with E-state index in [9.17, 15) is 9.59 Å². The molecule has 1 aromatic rings. The summed E-state index contributed by atoms with van der Waals surface area (Å²) in [5, 5.41) is 2.96. The van der Waals surface area contributed by atoms with Gasteiger partial charge >= 0.3 is 6.03 Å². The first kappa shape index (κ1) is 18.8. The number of rotatable bonds is 5. The highest BCUT2D eigenvalue weighted by Crippen LogP contribution is 2.36. The molecule has 3 heterocycles. The summed E-state index contributed by atoms with van der Waals surface area (Å²) in [5.41, 5.74) is 2.28. The number of amides is 3. The molecule has 3 aliphatic rings. The van der Waals surface area contributed by atoms with Crippen LogP contribution in [-0.4, -0.2) is 86.7 Å². The van der Waals surface area contributed by atoms with Gasteiger partial charge in [-0.3, -0.25) is 14.6 Å². The van der Waals surface area contributed by atoms with Crippen LogP contribution in [-0.2, 0) is 9.53 Å². The van der Waals surface area contributed by atoms with E-state index in [0.717, 1.165) is 44.1 Å². The van der Waals surface area contributed by atoms with Gasteiger partial charge in [0.2, 0.25) is 0 Å². The molecule has 1 saturated heterocycles.